The van der Waals surface area contributed by atoms with Gasteiger partial charge in [0, 0.05) is 37.5 Å². The Bertz CT molecular complexity index is 634. The SMILES string of the molecule is CCn1nc(CN[C@H]2CCNC(=O)CC2)c2ccccc21. The van der Waals surface area contributed by atoms with E-state index in [1.165, 1.54) is 10.9 Å². The maximum Gasteiger partial charge on any atom is 0.220 e. The molecule has 0 radical (unpaired) electrons. The summed E-state index contributed by atoms with van der Waals surface area (Å²) in [5.41, 5.74) is 2.28. The molecule has 0 saturated carbocycles. The number of hydrogen-bond donors (Lipinski definition) is 2. The lowest BCUT2D eigenvalue weighted by molar-refractivity contribution is -0.120. The molecule has 1 aliphatic rings. The monoisotopic (exact) mass is 286 g/mol. The van der Waals surface area contributed by atoms with Crippen molar-refractivity contribution < 1.29 is 4.79 Å². The Labute approximate surface area is 124 Å². The van der Waals surface area contributed by atoms with Crippen LogP contribution in [-0.4, -0.2) is 28.3 Å². The van der Waals surface area contributed by atoms with Gasteiger partial charge >= 0.3 is 0 Å². The fraction of sp³-hybridized carbons (Fsp3) is 0.500. The van der Waals surface area contributed by atoms with E-state index >= 15 is 0 Å². The van der Waals surface area contributed by atoms with E-state index in [9.17, 15) is 4.79 Å². The molecule has 1 aromatic heterocycles. The van der Waals surface area contributed by atoms with E-state index in [4.69, 9.17) is 5.10 Å². The van der Waals surface area contributed by atoms with Crippen LogP contribution in [0.5, 0.6) is 0 Å². The number of nitrogens with one attached hydrogen (secondary N) is 2. The molecular weight excluding hydrogens is 264 g/mol. The Morgan fingerprint density at radius 2 is 2.24 bits per heavy atom. The van der Waals surface area contributed by atoms with E-state index in [2.05, 4.69) is 41.8 Å². The van der Waals surface area contributed by atoms with Crippen molar-refractivity contribution in [3.8, 4) is 0 Å². The molecule has 1 aromatic carbocycles. The average molecular weight is 286 g/mol. The number of nitrogens with zero attached hydrogens (tertiary/aromatic N) is 2. The van der Waals surface area contributed by atoms with Crippen molar-refractivity contribution in [2.75, 3.05) is 6.54 Å². The number of carbonyl (C=O) groups is 1. The molecule has 0 spiro atoms. The lowest BCUT2D eigenvalue weighted by Crippen LogP contribution is -2.29. The van der Waals surface area contributed by atoms with Crippen molar-refractivity contribution in [2.24, 2.45) is 0 Å². The Balaban J connectivity index is 1.71. The maximum absolute atomic E-state index is 11.4. The minimum absolute atomic E-state index is 0.167. The molecule has 112 valence electrons. The Morgan fingerprint density at radius 3 is 3.10 bits per heavy atom. The molecule has 2 heterocycles. The zero-order chi connectivity index (χ0) is 14.7. The van der Waals surface area contributed by atoms with Gasteiger partial charge in [-0.25, -0.2) is 0 Å². The number of benzene rings is 1. The van der Waals surface area contributed by atoms with Crippen LogP contribution in [0.4, 0.5) is 0 Å². The molecule has 0 unspecified atom stereocenters. The van der Waals surface area contributed by atoms with Crippen LogP contribution in [-0.2, 0) is 17.9 Å². The standard InChI is InChI=1S/C16H22N4O/c1-2-20-15-6-4-3-5-13(15)14(19-20)11-18-12-7-8-16(21)17-10-9-12/h3-6,12,18H,2,7-11H2,1H3,(H,17,21)/t12-/m1/s1. The molecule has 21 heavy (non-hydrogen) atoms. The molecule has 1 amide bonds. The van der Waals surface area contributed by atoms with E-state index in [1.54, 1.807) is 0 Å². The van der Waals surface area contributed by atoms with Gasteiger partial charge in [-0.3, -0.25) is 9.48 Å². The van der Waals surface area contributed by atoms with Gasteiger partial charge in [-0.05, 0) is 25.8 Å². The van der Waals surface area contributed by atoms with Crippen molar-refractivity contribution in [3.05, 3.63) is 30.0 Å². The summed E-state index contributed by atoms with van der Waals surface area (Å²) in [7, 11) is 0. The van der Waals surface area contributed by atoms with Gasteiger partial charge in [0.25, 0.3) is 0 Å². The summed E-state index contributed by atoms with van der Waals surface area (Å²) in [5.74, 6) is 0.167. The molecule has 1 aliphatic heterocycles. The van der Waals surface area contributed by atoms with Crippen molar-refractivity contribution in [3.63, 3.8) is 0 Å². The summed E-state index contributed by atoms with van der Waals surface area (Å²) >= 11 is 0. The van der Waals surface area contributed by atoms with Crippen LogP contribution < -0.4 is 10.6 Å². The molecule has 1 atom stereocenters. The van der Waals surface area contributed by atoms with Crippen LogP contribution >= 0.6 is 0 Å². The smallest absolute Gasteiger partial charge is 0.220 e. The van der Waals surface area contributed by atoms with Gasteiger partial charge in [0.1, 0.15) is 0 Å². The summed E-state index contributed by atoms with van der Waals surface area (Å²) in [4.78, 5) is 11.4. The lowest BCUT2D eigenvalue weighted by Gasteiger charge is -2.14. The van der Waals surface area contributed by atoms with Gasteiger partial charge in [0.05, 0.1) is 11.2 Å². The Hall–Kier alpha value is -1.88. The number of aromatic nitrogens is 2. The third-order valence-electron chi connectivity index (χ3n) is 4.13. The molecular formula is C16H22N4O. The highest BCUT2D eigenvalue weighted by atomic mass is 16.1. The first-order valence-electron chi connectivity index (χ1n) is 7.72. The molecule has 1 saturated heterocycles. The summed E-state index contributed by atoms with van der Waals surface area (Å²) in [5, 5.41) is 12.4. The first-order valence-corrected chi connectivity index (χ1v) is 7.72. The third kappa shape index (κ3) is 3.08. The zero-order valence-corrected chi connectivity index (χ0v) is 12.4. The van der Waals surface area contributed by atoms with E-state index in [1.807, 2.05) is 4.68 Å². The van der Waals surface area contributed by atoms with Gasteiger partial charge < -0.3 is 10.6 Å². The number of hydrogen-bond acceptors (Lipinski definition) is 3. The quantitative estimate of drug-likeness (QED) is 0.901. The summed E-state index contributed by atoms with van der Waals surface area (Å²) in [6.07, 6.45) is 2.50. The molecule has 5 nitrogen and oxygen atoms in total. The first-order chi connectivity index (χ1) is 10.3. The van der Waals surface area contributed by atoms with E-state index in [-0.39, 0.29) is 5.91 Å². The average Bonchev–Trinajstić information content (AvgIpc) is 2.74. The summed E-state index contributed by atoms with van der Waals surface area (Å²) in [6.45, 7) is 4.51. The third-order valence-corrected chi connectivity index (χ3v) is 4.13. The fourth-order valence-electron chi connectivity index (χ4n) is 2.94. The largest absolute Gasteiger partial charge is 0.356 e. The zero-order valence-electron chi connectivity index (χ0n) is 12.4. The van der Waals surface area contributed by atoms with Gasteiger partial charge in [-0.2, -0.15) is 5.10 Å². The highest BCUT2D eigenvalue weighted by Gasteiger charge is 2.16. The Kier molecular flexibility index (Phi) is 4.20. The number of rotatable bonds is 4. The Morgan fingerprint density at radius 1 is 1.38 bits per heavy atom. The minimum Gasteiger partial charge on any atom is -0.356 e. The first kappa shape index (κ1) is 14.1. The van der Waals surface area contributed by atoms with Crippen molar-refractivity contribution in [1.29, 1.82) is 0 Å². The van der Waals surface area contributed by atoms with Gasteiger partial charge in [0.15, 0.2) is 0 Å². The number of aryl methyl sites for hydroxylation is 1. The molecule has 1 fully saturated rings. The van der Waals surface area contributed by atoms with E-state index in [0.29, 0.717) is 12.5 Å². The second-order valence-electron chi connectivity index (χ2n) is 5.53. The van der Waals surface area contributed by atoms with Crippen LogP contribution in [0.1, 0.15) is 31.9 Å². The summed E-state index contributed by atoms with van der Waals surface area (Å²) < 4.78 is 2.05. The maximum atomic E-state index is 11.4. The highest BCUT2D eigenvalue weighted by molar-refractivity contribution is 5.81. The van der Waals surface area contributed by atoms with Crippen LogP contribution in [0.2, 0.25) is 0 Å². The van der Waals surface area contributed by atoms with Crippen LogP contribution in [0, 0.1) is 0 Å². The van der Waals surface area contributed by atoms with Crippen molar-refractivity contribution in [2.45, 2.75) is 45.3 Å². The number of fused-ring (bicyclic) bond motifs is 1. The van der Waals surface area contributed by atoms with Crippen LogP contribution in [0.25, 0.3) is 10.9 Å². The predicted octanol–water partition coefficient (Wildman–Crippen LogP) is 1.81. The minimum atomic E-state index is 0.167. The molecule has 5 heteroatoms. The predicted molar refractivity (Wildman–Crippen MR) is 82.9 cm³/mol. The second-order valence-corrected chi connectivity index (χ2v) is 5.53. The van der Waals surface area contributed by atoms with Gasteiger partial charge in [-0.1, -0.05) is 18.2 Å². The second kappa shape index (κ2) is 6.26. The lowest BCUT2D eigenvalue weighted by atomic mass is 10.1. The number of para-hydroxylation sites is 1. The highest BCUT2D eigenvalue weighted by Crippen LogP contribution is 2.18. The number of amides is 1. The van der Waals surface area contributed by atoms with Crippen LogP contribution in [0.15, 0.2) is 24.3 Å². The molecule has 0 aliphatic carbocycles. The van der Waals surface area contributed by atoms with Crippen molar-refractivity contribution >= 4 is 16.8 Å². The fourth-order valence-corrected chi connectivity index (χ4v) is 2.94. The van der Waals surface area contributed by atoms with E-state index in [0.717, 1.165) is 38.2 Å². The molecule has 2 N–H and O–H groups in total. The molecule has 0 bridgehead atoms. The van der Waals surface area contributed by atoms with Crippen molar-refractivity contribution in [1.82, 2.24) is 20.4 Å². The topological polar surface area (TPSA) is 59.0 Å². The van der Waals surface area contributed by atoms with Gasteiger partial charge in [0.2, 0.25) is 5.91 Å². The van der Waals surface area contributed by atoms with Gasteiger partial charge in [-0.15, -0.1) is 0 Å². The normalized spacial score (nSPS) is 19.5. The molecule has 3 rings (SSSR count). The van der Waals surface area contributed by atoms with Crippen LogP contribution in [0.3, 0.4) is 0 Å². The summed E-state index contributed by atoms with van der Waals surface area (Å²) in [6, 6.07) is 8.74. The molecule has 2 aromatic rings. The number of carbonyl (C=O) groups excluding carboxylic acids is 1. The van der Waals surface area contributed by atoms with E-state index < -0.39 is 0 Å².